The minimum atomic E-state index is -0.928. The second-order valence-corrected chi connectivity index (χ2v) is 20.9. The number of amides is 1. The molecule has 2 atom stereocenters. The number of carbonyl (C=O) groups excluding carboxylic acids is 7. The van der Waals surface area contributed by atoms with E-state index in [1.54, 1.807) is 12.4 Å². The summed E-state index contributed by atoms with van der Waals surface area (Å²) in [6.07, 6.45) is 26.0. The Balaban J connectivity index is 2.18. The highest BCUT2D eigenvalue weighted by molar-refractivity contribution is 5.73. The summed E-state index contributed by atoms with van der Waals surface area (Å²) in [5.74, 6) is -4.31. The molecule has 1 fully saturated rings. The van der Waals surface area contributed by atoms with Gasteiger partial charge in [0.25, 0.3) is 0 Å². The van der Waals surface area contributed by atoms with Gasteiger partial charge in [-0.1, -0.05) is 156 Å². The molecular weight excluding hydrogens is 987 g/mol. The summed E-state index contributed by atoms with van der Waals surface area (Å²) in [4.78, 5) is 97.7. The molecule has 0 aromatic carbocycles. The van der Waals surface area contributed by atoms with Gasteiger partial charge in [0.15, 0.2) is 0 Å². The van der Waals surface area contributed by atoms with Crippen molar-refractivity contribution in [1.29, 1.82) is 0 Å². The molecule has 0 aliphatic carbocycles. The zero-order valence-electron chi connectivity index (χ0n) is 48.0. The van der Waals surface area contributed by atoms with Crippen molar-refractivity contribution in [2.45, 2.75) is 245 Å². The molecule has 77 heavy (non-hydrogen) atoms. The lowest BCUT2D eigenvalue weighted by atomic mass is 10.0. The number of hydrogen-bond donors (Lipinski definition) is 1. The van der Waals surface area contributed by atoms with Crippen molar-refractivity contribution >= 4 is 47.6 Å². The van der Waals surface area contributed by atoms with Crippen LogP contribution in [-0.4, -0.2) is 117 Å². The van der Waals surface area contributed by atoms with E-state index < -0.39 is 66.0 Å². The lowest BCUT2D eigenvalue weighted by molar-refractivity contribution is -0.166. The maximum atomic E-state index is 13.8. The van der Waals surface area contributed by atoms with Crippen LogP contribution in [0.1, 0.15) is 233 Å². The van der Waals surface area contributed by atoms with Crippen LogP contribution in [0, 0.1) is 11.8 Å². The molecule has 1 aromatic rings. The van der Waals surface area contributed by atoms with Crippen LogP contribution in [0.4, 0.5) is 10.5 Å². The fourth-order valence-corrected chi connectivity index (χ4v) is 8.96. The molecule has 0 saturated carbocycles. The number of carbonyl (C=O) groups is 7. The van der Waals surface area contributed by atoms with E-state index in [-0.39, 0.29) is 91.1 Å². The van der Waals surface area contributed by atoms with E-state index in [0.717, 1.165) is 134 Å². The van der Waals surface area contributed by atoms with Gasteiger partial charge in [0, 0.05) is 68.6 Å². The smallest absolute Gasteiger partial charge is 0.410 e. The number of likely N-dealkylation sites (tertiary alicyclic amines) is 1. The van der Waals surface area contributed by atoms with Crippen molar-refractivity contribution in [2.75, 3.05) is 58.0 Å². The number of aromatic nitrogens is 1. The van der Waals surface area contributed by atoms with Gasteiger partial charge >= 0.3 is 41.9 Å². The molecule has 440 valence electrons. The third kappa shape index (κ3) is 37.5. The van der Waals surface area contributed by atoms with Crippen LogP contribution in [0.15, 0.2) is 24.5 Å². The van der Waals surface area contributed by atoms with E-state index >= 15 is 0 Å². The van der Waals surface area contributed by atoms with E-state index in [0.29, 0.717) is 38.6 Å². The summed E-state index contributed by atoms with van der Waals surface area (Å²) in [5.41, 5.74) is 0.872. The van der Waals surface area contributed by atoms with Gasteiger partial charge in [-0.2, -0.15) is 0 Å². The summed E-state index contributed by atoms with van der Waals surface area (Å²) in [6, 6.07) is 3.66. The quantitative estimate of drug-likeness (QED) is 0.0365. The maximum Gasteiger partial charge on any atom is 0.410 e. The molecule has 17 nitrogen and oxygen atoms in total. The minimum absolute atomic E-state index is 0.0490. The summed E-state index contributed by atoms with van der Waals surface area (Å²) in [6.45, 7) is 8.47. The summed E-state index contributed by atoms with van der Waals surface area (Å²) >= 11 is 0. The monoisotopic (exact) mass is 1090 g/mol. The molecule has 2 rings (SSSR count). The summed E-state index contributed by atoms with van der Waals surface area (Å²) in [5, 5.41) is 3.25. The largest absolute Gasteiger partial charge is 0.465 e. The molecule has 1 N–H and O–H groups in total. The molecule has 1 saturated heterocycles. The number of hydrogen-bond acceptors (Lipinski definition) is 16. The molecule has 1 amide bonds. The summed E-state index contributed by atoms with van der Waals surface area (Å²) < 4.78 is 40.1. The first-order chi connectivity index (χ1) is 37.5. The Bertz CT molecular complexity index is 1580. The van der Waals surface area contributed by atoms with Gasteiger partial charge in [0.1, 0.15) is 12.2 Å². The Morgan fingerprint density at radius 3 is 1.16 bits per heavy atom. The number of nitrogens with one attached hydrogen (secondary N) is 1. The predicted molar refractivity (Wildman–Crippen MR) is 297 cm³/mol. The Hall–Kier alpha value is -4.96. The van der Waals surface area contributed by atoms with Gasteiger partial charge in [-0.05, 0) is 44.2 Å². The lowest BCUT2D eigenvalue weighted by Crippen LogP contribution is -2.51. The van der Waals surface area contributed by atoms with E-state index in [2.05, 4.69) is 38.0 Å². The van der Waals surface area contributed by atoms with Crippen LogP contribution in [-0.2, 0) is 61.9 Å². The second kappa shape index (κ2) is 46.0. The van der Waals surface area contributed by atoms with Crippen LogP contribution in [0.5, 0.6) is 0 Å². The van der Waals surface area contributed by atoms with E-state index in [1.807, 2.05) is 12.1 Å². The van der Waals surface area contributed by atoms with Crippen molar-refractivity contribution in [3.8, 4) is 0 Å². The Labute approximate surface area is 462 Å². The zero-order valence-corrected chi connectivity index (χ0v) is 48.0. The van der Waals surface area contributed by atoms with Gasteiger partial charge in [-0.25, -0.2) is 4.79 Å². The SMILES string of the molecule is CCCCCCCCC(=O)OCC(COC(=O)CCCCCCCC)CC(=O)O[C@@H]1C[C@H](OC(=O)CC(COC(=O)CCCCCCCC)COC(=O)CCCCCCCC)CN(C(=O)OCCCNc2ccncc2)C1. The molecule has 1 aromatic heterocycles. The maximum absolute atomic E-state index is 13.8. The minimum Gasteiger partial charge on any atom is -0.465 e. The van der Waals surface area contributed by atoms with Gasteiger partial charge in [-0.3, -0.25) is 33.8 Å². The van der Waals surface area contributed by atoms with Gasteiger partial charge < -0.3 is 43.4 Å². The first kappa shape index (κ1) is 68.1. The Kier molecular flexibility index (Phi) is 40.7. The molecule has 0 bridgehead atoms. The number of piperidine rings is 1. The average molecular weight is 1090 g/mol. The van der Waals surface area contributed by atoms with Crippen molar-refractivity contribution < 1.29 is 66.7 Å². The van der Waals surface area contributed by atoms with Crippen LogP contribution < -0.4 is 5.32 Å². The van der Waals surface area contributed by atoms with Crippen LogP contribution >= 0.6 is 0 Å². The highest BCUT2D eigenvalue weighted by Crippen LogP contribution is 2.22. The highest BCUT2D eigenvalue weighted by Gasteiger charge is 2.36. The molecule has 0 radical (unpaired) electrons. The zero-order chi connectivity index (χ0) is 56.0. The van der Waals surface area contributed by atoms with Gasteiger partial charge in [-0.15, -0.1) is 0 Å². The third-order valence-electron chi connectivity index (χ3n) is 13.6. The van der Waals surface area contributed by atoms with Crippen LogP contribution in [0.2, 0.25) is 0 Å². The predicted octanol–water partition coefficient (Wildman–Crippen LogP) is 12.7. The van der Waals surface area contributed by atoms with Gasteiger partial charge in [0.05, 0.1) is 59.0 Å². The fourth-order valence-electron chi connectivity index (χ4n) is 8.96. The van der Waals surface area contributed by atoms with E-state index in [9.17, 15) is 33.6 Å². The number of unbranched alkanes of at least 4 members (excludes halogenated alkanes) is 20. The molecule has 0 spiro atoms. The van der Waals surface area contributed by atoms with Crippen molar-refractivity contribution in [3.63, 3.8) is 0 Å². The Morgan fingerprint density at radius 1 is 0.468 bits per heavy atom. The van der Waals surface area contributed by atoms with Crippen LogP contribution in [0.3, 0.4) is 0 Å². The fraction of sp³-hybridized carbons (Fsp3) is 0.800. The molecular formula is C60H101N3O14. The van der Waals surface area contributed by atoms with E-state index in [4.69, 9.17) is 33.2 Å². The standard InChI is InChI=1S/C60H101N3O14/c1-5-9-13-17-21-25-30-54(64)72-45-49(46-73-55(65)31-26-22-18-14-10-6-2)40-58(68)76-52-42-53(44-63(43-52)60(70)71-39-29-36-62-51-34-37-61-38-35-51)77-59(69)41-50(47-74-56(66)32-27-23-19-15-11-7-3)48-75-57(67)33-28-24-20-16-12-8-4/h34-35,37-38,49-50,52-53H,5-33,36,39-48H2,1-4H3,(H,61,62)/t52-,53+. The van der Waals surface area contributed by atoms with Crippen molar-refractivity contribution in [3.05, 3.63) is 24.5 Å². The first-order valence-electron chi connectivity index (χ1n) is 30.0. The normalized spacial score (nSPS) is 14.2. The topological polar surface area (TPSA) is 212 Å². The molecule has 0 unspecified atom stereocenters. The number of rotatable bonds is 47. The number of anilines is 1. The Morgan fingerprint density at radius 2 is 0.805 bits per heavy atom. The second-order valence-electron chi connectivity index (χ2n) is 20.9. The number of esters is 6. The van der Waals surface area contributed by atoms with Crippen LogP contribution in [0.25, 0.3) is 0 Å². The summed E-state index contributed by atoms with van der Waals surface area (Å²) in [7, 11) is 0. The van der Waals surface area contributed by atoms with Crippen molar-refractivity contribution in [2.24, 2.45) is 11.8 Å². The van der Waals surface area contributed by atoms with Crippen molar-refractivity contribution in [1.82, 2.24) is 9.88 Å². The molecule has 17 heteroatoms. The van der Waals surface area contributed by atoms with E-state index in [1.165, 1.54) is 4.90 Å². The first-order valence-corrected chi connectivity index (χ1v) is 30.0. The molecule has 1 aliphatic heterocycles. The highest BCUT2D eigenvalue weighted by atomic mass is 16.6. The molecule has 2 heterocycles. The number of nitrogens with zero attached hydrogens (tertiary/aromatic N) is 2. The number of pyridine rings is 1. The molecule has 1 aliphatic rings. The number of ether oxygens (including phenoxy) is 7. The average Bonchev–Trinajstić information content (AvgIpc) is 3.41. The third-order valence-corrected chi connectivity index (χ3v) is 13.6. The lowest BCUT2D eigenvalue weighted by Gasteiger charge is -2.36. The van der Waals surface area contributed by atoms with Gasteiger partial charge in [0.2, 0.25) is 0 Å².